The molecular formula is C7H10NO2. The lowest BCUT2D eigenvalue weighted by Crippen LogP contribution is -2.27. The van der Waals surface area contributed by atoms with Crippen molar-refractivity contribution in [2.45, 2.75) is 6.42 Å². The van der Waals surface area contributed by atoms with Crippen molar-refractivity contribution < 1.29 is 9.59 Å². The Bertz CT molecular complexity index is 143. The Labute approximate surface area is 60.3 Å². The van der Waals surface area contributed by atoms with Gasteiger partial charge in [0.05, 0.1) is 6.54 Å². The normalized spacial score (nSPS) is 8.50. The van der Waals surface area contributed by atoms with E-state index in [1.54, 1.807) is 13.3 Å². The largest absolute Gasteiger partial charge is 0.338 e. The van der Waals surface area contributed by atoms with Crippen molar-refractivity contribution in [2.24, 2.45) is 0 Å². The molecule has 3 heteroatoms. The Hall–Kier alpha value is -1.12. The Kier molecular flexibility index (Phi) is 4.20. The maximum atomic E-state index is 10.8. The Morgan fingerprint density at radius 2 is 2.40 bits per heavy atom. The molecule has 0 rings (SSSR count). The molecule has 0 aromatic heterocycles. The molecule has 0 heterocycles. The van der Waals surface area contributed by atoms with Crippen molar-refractivity contribution >= 4 is 12.2 Å². The number of hydrogen-bond donors (Lipinski definition) is 0. The second-order valence-corrected chi connectivity index (χ2v) is 1.89. The van der Waals surface area contributed by atoms with Crippen LogP contribution in [0.15, 0.2) is 12.7 Å². The zero-order chi connectivity index (χ0) is 7.98. The van der Waals surface area contributed by atoms with Crippen molar-refractivity contribution in [3.8, 4) is 0 Å². The number of carbonyl (C=O) groups excluding carboxylic acids is 2. The van der Waals surface area contributed by atoms with Crippen molar-refractivity contribution in [3.63, 3.8) is 0 Å². The third kappa shape index (κ3) is 3.02. The van der Waals surface area contributed by atoms with Crippen LogP contribution in [0, 0.1) is 0 Å². The summed E-state index contributed by atoms with van der Waals surface area (Å²) >= 11 is 0. The van der Waals surface area contributed by atoms with E-state index in [0.717, 1.165) is 0 Å². The van der Waals surface area contributed by atoms with Crippen LogP contribution in [0.25, 0.3) is 0 Å². The SMILES string of the molecule is C=CCC(=O)N(C)C[C]=O. The molecule has 0 saturated carbocycles. The van der Waals surface area contributed by atoms with Gasteiger partial charge in [0.25, 0.3) is 0 Å². The van der Waals surface area contributed by atoms with Crippen LogP contribution >= 0.6 is 0 Å². The molecule has 0 bridgehead atoms. The van der Waals surface area contributed by atoms with E-state index in [1.807, 2.05) is 0 Å². The van der Waals surface area contributed by atoms with E-state index in [1.165, 1.54) is 11.0 Å². The highest BCUT2D eigenvalue weighted by molar-refractivity contribution is 5.79. The fourth-order valence-corrected chi connectivity index (χ4v) is 0.464. The summed E-state index contributed by atoms with van der Waals surface area (Å²) in [6, 6.07) is 0. The molecule has 0 N–H and O–H groups in total. The van der Waals surface area contributed by atoms with Crippen molar-refractivity contribution in [3.05, 3.63) is 12.7 Å². The molecule has 0 spiro atoms. The van der Waals surface area contributed by atoms with Gasteiger partial charge >= 0.3 is 0 Å². The molecule has 3 nitrogen and oxygen atoms in total. The second-order valence-electron chi connectivity index (χ2n) is 1.89. The van der Waals surface area contributed by atoms with Crippen molar-refractivity contribution in [1.29, 1.82) is 0 Å². The molecule has 0 aliphatic carbocycles. The van der Waals surface area contributed by atoms with Crippen molar-refractivity contribution in [2.75, 3.05) is 13.6 Å². The first kappa shape index (κ1) is 8.88. The molecule has 0 fully saturated rings. The molecule has 0 aromatic carbocycles. The van der Waals surface area contributed by atoms with Gasteiger partial charge in [0.15, 0.2) is 0 Å². The van der Waals surface area contributed by atoms with Gasteiger partial charge in [-0.05, 0) is 0 Å². The van der Waals surface area contributed by atoms with Gasteiger partial charge in [0, 0.05) is 13.5 Å². The third-order valence-corrected chi connectivity index (χ3v) is 1.05. The molecule has 1 radical (unpaired) electrons. The van der Waals surface area contributed by atoms with E-state index in [9.17, 15) is 9.59 Å². The molecule has 0 atom stereocenters. The molecule has 10 heavy (non-hydrogen) atoms. The van der Waals surface area contributed by atoms with Crippen LogP contribution in [0.5, 0.6) is 0 Å². The monoisotopic (exact) mass is 140 g/mol. The minimum absolute atomic E-state index is 0.0344. The summed E-state index contributed by atoms with van der Waals surface area (Å²) < 4.78 is 0. The second kappa shape index (κ2) is 4.73. The molecule has 0 aliphatic heterocycles. The molecule has 55 valence electrons. The molecule has 0 aromatic rings. The van der Waals surface area contributed by atoms with Gasteiger partial charge in [0.1, 0.15) is 0 Å². The van der Waals surface area contributed by atoms with Gasteiger partial charge in [-0.2, -0.15) is 0 Å². The number of nitrogens with zero attached hydrogens (tertiary/aromatic N) is 1. The van der Waals surface area contributed by atoms with E-state index < -0.39 is 0 Å². The van der Waals surface area contributed by atoms with E-state index in [0.29, 0.717) is 0 Å². The number of carbonyl (C=O) groups is 1. The average Bonchev–Trinajstić information content (AvgIpc) is 1.89. The first-order valence-corrected chi connectivity index (χ1v) is 2.92. The fraction of sp³-hybridized carbons (Fsp3) is 0.429. The maximum absolute atomic E-state index is 10.8. The van der Waals surface area contributed by atoms with E-state index >= 15 is 0 Å². The van der Waals surface area contributed by atoms with E-state index in [-0.39, 0.29) is 18.9 Å². The summed E-state index contributed by atoms with van der Waals surface area (Å²) in [5, 5.41) is 0. The van der Waals surface area contributed by atoms with Crippen molar-refractivity contribution in [1.82, 2.24) is 4.90 Å². The van der Waals surface area contributed by atoms with Crippen LogP contribution < -0.4 is 0 Å². The van der Waals surface area contributed by atoms with Gasteiger partial charge in [0.2, 0.25) is 12.2 Å². The Morgan fingerprint density at radius 1 is 1.80 bits per heavy atom. The van der Waals surface area contributed by atoms with Crippen LogP contribution in [0.3, 0.4) is 0 Å². The minimum atomic E-state index is -0.113. The van der Waals surface area contributed by atoms with Crippen LogP contribution in [0.4, 0.5) is 0 Å². The highest BCUT2D eigenvalue weighted by atomic mass is 16.2. The summed E-state index contributed by atoms with van der Waals surface area (Å²) in [5.41, 5.74) is 0. The lowest BCUT2D eigenvalue weighted by Gasteiger charge is -2.10. The summed E-state index contributed by atoms with van der Waals surface area (Å²) in [4.78, 5) is 21.9. The molecule has 0 saturated heterocycles. The fourth-order valence-electron chi connectivity index (χ4n) is 0.464. The van der Waals surface area contributed by atoms with Crippen LogP contribution in [0.2, 0.25) is 0 Å². The number of amides is 1. The van der Waals surface area contributed by atoms with Gasteiger partial charge in [-0.3, -0.25) is 9.59 Å². The third-order valence-electron chi connectivity index (χ3n) is 1.05. The van der Waals surface area contributed by atoms with Gasteiger partial charge in [-0.15, -0.1) is 6.58 Å². The minimum Gasteiger partial charge on any atom is -0.338 e. The summed E-state index contributed by atoms with van der Waals surface area (Å²) in [5.74, 6) is -0.113. The Morgan fingerprint density at radius 3 is 2.80 bits per heavy atom. The molecule has 1 amide bonds. The topological polar surface area (TPSA) is 37.4 Å². The predicted octanol–water partition coefficient (Wildman–Crippen LogP) is 0.131. The first-order chi connectivity index (χ1) is 4.72. The smallest absolute Gasteiger partial charge is 0.226 e. The Balaban J connectivity index is 3.68. The van der Waals surface area contributed by atoms with Gasteiger partial charge < -0.3 is 4.90 Å². The lowest BCUT2D eigenvalue weighted by molar-refractivity contribution is -0.128. The zero-order valence-corrected chi connectivity index (χ0v) is 5.96. The molecule has 0 aliphatic rings. The van der Waals surface area contributed by atoms with Gasteiger partial charge in [-0.25, -0.2) is 0 Å². The first-order valence-electron chi connectivity index (χ1n) is 2.92. The summed E-state index contributed by atoms with van der Waals surface area (Å²) in [6.45, 7) is 3.43. The zero-order valence-electron chi connectivity index (χ0n) is 5.96. The number of rotatable bonds is 4. The highest BCUT2D eigenvalue weighted by Crippen LogP contribution is 1.88. The standard InChI is InChI=1S/C7H10NO2/c1-3-4-7(10)8(2)5-6-9/h3H,1,4-5H2,2H3. The molecule has 0 unspecified atom stereocenters. The predicted molar refractivity (Wildman–Crippen MR) is 38.1 cm³/mol. The summed E-state index contributed by atoms with van der Waals surface area (Å²) in [6.07, 6.45) is 3.41. The van der Waals surface area contributed by atoms with Crippen LogP contribution in [0.1, 0.15) is 6.42 Å². The average molecular weight is 140 g/mol. The van der Waals surface area contributed by atoms with E-state index in [4.69, 9.17) is 0 Å². The quantitative estimate of drug-likeness (QED) is 0.520. The lowest BCUT2D eigenvalue weighted by atomic mass is 10.4. The van der Waals surface area contributed by atoms with Crippen LogP contribution in [-0.2, 0) is 9.59 Å². The maximum Gasteiger partial charge on any atom is 0.226 e. The number of likely N-dealkylation sites (N-methyl/N-ethyl adjacent to an activating group) is 1. The molecular weight excluding hydrogens is 130 g/mol. The van der Waals surface area contributed by atoms with Gasteiger partial charge in [-0.1, -0.05) is 6.08 Å². The van der Waals surface area contributed by atoms with E-state index in [2.05, 4.69) is 6.58 Å². The highest BCUT2D eigenvalue weighted by Gasteiger charge is 2.03. The summed E-state index contributed by atoms with van der Waals surface area (Å²) in [7, 11) is 1.55. The van der Waals surface area contributed by atoms with Crippen LogP contribution in [-0.4, -0.2) is 30.7 Å². The number of hydrogen-bond acceptors (Lipinski definition) is 2.